The maximum absolute atomic E-state index is 11.9. The predicted molar refractivity (Wildman–Crippen MR) is 83.4 cm³/mol. The zero-order chi connectivity index (χ0) is 17.5. The number of rotatable bonds is 9. The zero-order valence-corrected chi connectivity index (χ0v) is 13.4. The fourth-order valence-corrected chi connectivity index (χ4v) is 2.90. The topological polar surface area (TPSA) is 156 Å². The molecule has 136 valence electrons. The van der Waals surface area contributed by atoms with E-state index < -0.39 is 36.6 Å². The molecule has 8 nitrogen and oxygen atoms in total. The number of aliphatic hydroxyl groups excluding tert-OH is 4. The minimum atomic E-state index is -1.95. The highest BCUT2D eigenvalue weighted by Crippen LogP contribution is 2.29. The molecule has 0 aromatic carbocycles. The van der Waals surface area contributed by atoms with Crippen LogP contribution in [-0.2, 0) is 4.79 Å². The summed E-state index contributed by atoms with van der Waals surface area (Å²) in [6, 6.07) is -0.921. The van der Waals surface area contributed by atoms with Gasteiger partial charge in [0.15, 0.2) is 0 Å². The molecule has 23 heavy (non-hydrogen) atoms. The Morgan fingerprint density at radius 2 is 1.70 bits per heavy atom. The van der Waals surface area contributed by atoms with E-state index in [1.807, 2.05) is 0 Å². The predicted octanol–water partition coefficient (Wildman–Crippen LogP) is -2.02. The fraction of sp³-hybridized carbons (Fsp3) is 0.933. The van der Waals surface area contributed by atoms with Crippen LogP contribution in [0.25, 0.3) is 0 Å². The van der Waals surface area contributed by atoms with Crippen LogP contribution in [0.4, 0.5) is 0 Å². The summed E-state index contributed by atoms with van der Waals surface area (Å²) in [4.78, 5) is 11.9. The lowest BCUT2D eigenvalue weighted by Gasteiger charge is -2.45. The van der Waals surface area contributed by atoms with Gasteiger partial charge in [-0.1, -0.05) is 19.3 Å². The monoisotopic (exact) mass is 334 g/mol. The van der Waals surface area contributed by atoms with E-state index in [4.69, 9.17) is 5.73 Å². The van der Waals surface area contributed by atoms with Gasteiger partial charge in [-0.05, 0) is 19.4 Å². The SMILES string of the molecule is NCCCCCCCC(=O)N[C@H]1C[C@](O)(CO)[C@@H](O)[C@H](O)[C@H]1O. The first kappa shape index (κ1) is 20.3. The Balaban J connectivity index is 2.41. The summed E-state index contributed by atoms with van der Waals surface area (Å²) < 4.78 is 0. The second-order valence-electron chi connectivity index (χ2n) is 6.37. The minimum absolute atomic E-state index is 0.231. The molecule has 0 spiro atoms. The van der Waals surface area contributed by atoms with Crippen LogP contribution >= 0.6 is 0 Å². The van der Waals surface area contributed by atoms with E-state index in [0.29, 0.717) is 13.0 Å². The molecule has 0 radical (unpaired) electrons. The van der Waals surface area contributed by atoms with Crippen molar-refractivity contribution in [1.29, 1.82) is 0 Å². The smallest absolute Gasteiger partial charge is 0.220 e. The van der Waals surface area contributed by atoms with Crippen molar-refractivity contribution in [3.63, 3.8) is 0 Å². The van der Waals surface area contributed by atoms with Gasteiger partial charge in [-0.2, -0.15) is 0 Å². The molecule has 0 saturated heterocycles. The third-order valence-corrected chi connectivity index (χ3v) is 4.44. The van der Waals surface area contributed by atoms with E-state index in [9.17, 15) is 30.3 Å². The number of carbonyl (C=O) groups is 1. The molecular formula is C15H30N2O6. The molecule has 0 heterocycles. The number of carbonyl (C=O) groups excluding carboxylic acids is 1. The number of nitrogens with one attached hydrogen (secondary N) is 1. The van der Waals surface area contributed by atoms with Gasteiger partial charge in [0.2, 0.25) is 5.91 Å². The summed E-state index contributed by atoms with van der Waals surface area (Å²) in [5.41, 5.74) is 3.45. The van der Waals surface area contributed by atoms with Crippen molar-refractivity contribution in [2.75, 3.05) is 13.2 Å². The van der Waals surface area contributed by atoms with Crippen LogP contribution in [-0.4, -0.2) is 74.5 Å². The summed E-state index contributed by atoms with van der Waals surface area (Å²) >= 11 is 0. The average Bonchev–Trinajstić information content (AvgIpc) is 2.54. The lowest BCUT2D eigenvalue weighted by molar-refractivity contribution is -0.206. The average molecular weight is 334 g/mol. The lowest BCUT2D eigenvalue weighted by Crippen LogP contribution is -2.67. The van der Waals surface area contributed by atoms with Crippen LogP contribution in [0.2, 0.25) is 0 Å². The molecule has 1 aliphatic carbocycles. The van der Waals surface area contributed by atoms with Gasteiger partial charge >= 0.3 is 0 Å². The highest BCUT2D eigenvalue weighted by molar-refractivity contribution is 5.76. The van der Waals surface area contributed by atoms with Crippen molar-refractivity contribution in [2.24, 2.45) is 5.73 Å². The molecule has 5 atom stereocenters. The van der Waals surface area contributed by atoms with E-state index in [0.717, 1.165) is 25.7 Å². The van der Waals surface area contributed by atoms with Crippen LogP contribution in [0.1, 0.15) is 44.9 Å². The number of aliphatic hydroxyl groups is 5. The first-order valence-corrected chi connectivity index (χ1v) is 8.22. The molecule has 0 aromatic rings. The van der Waals surface area contributed by atoms with Crippen molar-refractivity contribution in [2.45, 2.75) is 74.9 Å². The molecule has 8 N–H and O–H groups in total. The lowest BCUT2D eigenvalue weighted by atomic mass is 9.76. The van der Waals surface area contributed by atoms with Gasteiger partial charge in [0, 0.05) is 12.8 Å². The second-order valence-corrected chi connectivity index (χ2v) is 6.37. The van der Waals surface area contributed by atoms with Crippen molar-refractivity contribution in [3.05, 3.63) is 0 Å². The molecule has 0 unspecified atom stereocenters. The number of amides is 1. The molecule has 0 aromatic heterocycles. The molecule has 0 bridgehead atoms. The standard InChI is InChI=1S/C15H30N2O6/c16-7-5-3-1-2-4-6-11(19)17-10-8-15(23,9-18)14(22)13(21)12(10)20/h10,12-14,18,20-23H,1-9,16H2,(H,17,19)/t10-,12-,13+,14-,15-/m0/s1. The number of hydrogen-bond acceptors (Lipinski definition) is 7. The van der Waals surface area contributed by atoms with Crippen LogP contribution in [0, 0.1) is 0 Å². The van der Waals surface area contributed by atoms with E-state index in [1.165, 1.54) is 0 Å². The van der Waals surface area contributed by atoms with Crippen molar-refractivity contribution in [3.8, 4) is 0 Å². The van der Waals surface area contributed by atoms with Gasteiger partial charge in [0.1, 0.15) is 23.9 Å². The third kappa shape index (κ3) is 5.66. The fourth-order valence-electron chi connectivity index (χ4n) is 2.90. The molecular weight excluding hydrogens is 304 g/mol. The molecule has 1 aliphatic rings. The Bertz CT molecular complexity index is 370. The van der Waals surface area contributed by atoms with E-state index >= 15 is 0 Å². The number of hydrogen-bond donors (Lipinski definition) is 7. The van der Waals surface area contributed by atoms with Gasteiger partial charge < -0.3 is 36.6 Å². The molecule has 0 aliphatic heterocycles. The van der Waals surface area contributed by atoms with Crippen LogP contribution in [0.5, 0.6) is 0 Å². The van der Waals surface area contributed by atoms with Crippen LogP contribution in [0.15, 0.2) is 0 Å². The van der Waals surface area contributed by atoms with Crippen molar-refractivity contribution in [1.82, 2.24) is 5.32 Å². The summed E-state index contributed by atoms with van der Waals surface area (Å²) in [6.45, 7) is -0.104. The van der Waals surface area contributed by atoms with E-state index in [2.05, 4.69) is 5.32 Å². The molecule has 1 amide bonds. The van der Waals surface area contributed by atoms with E-state index in [1.54, 1.807) is 0 Å². The molecule has 1 saturated carbocycles. The highest BCUT2D eigenvalue weighted by atomic mass is 16.4. The number of unbranched alkanes of at least 4 members (excludes halogenated alkanes) is 4. The van der Waals surface area contributed by atoms with Gasteiger partial charge in [-0.15, -0.1) is 0 Å². The Labute approximate surface area is 136 Å². The quantitative estimate of drug-likeness (QED) is 0.240. The summed E-state index contributed by atoms with van der Waals surface area (Å²) in [6.07, 6.45) is -0.0326. The third-order valence-electron chi connectivity index (χ3n) is 4.44. The Kier molecular flexibility index (Phi) is 8.38. The van der Waals surface area contributed by atoms with Gasteiger partial charge in [-0.25, -0.2) is 0 Å². The van der Waals surface area contributed by atoms with Crippen LogP contribution in [0.3, 0.4) is 0 Å². The summed E-state index contributed by atoms with van der Waals surface area (Å²) in [7, 11) is 0. The van der Waals surface area contributed by atoms with Gasteiger partial charge in [0.25, 0.3) is 0 Å². The largest absolute Gasteiger partial charge is 0.393 e. The minimum Gasteiger partial charge on any atom is -0.393 e. The molecule has 8 heteroatoms. The zero-order valence-electron chi connectivity index (χ0n) is 13.4. The molecule has 1 rings (SSSR count). The van der Waals surface area contributed by atoms with Gasteiger partial charge in [0.05, 0.1) is 12.6 Å². The normalized spacial score (nSPS) is 34.3. The summed E-state index contributed by atoms with van der Waals surface area (Å²) in [5, 5.41) is 51.2. The maximum atomic E-state index is 11.9. The van der Waals surface area contributed by atoms with Crippen molar-refractivity contribution >= 4 is 5.91 Å². The Hall–Kier alpha value is -0.770. The van der Waals surface area contributed by atoms with Crippen LogP contribution < -0.4 is 11.1 Å². The second kappa shape index (κ2) is 9.51. The molecule has 1 fully saturated rings. The first-order chi connectivity index (χ1) is 10.9. The highest BCUT2D eigenvalue weighted by Gasteiger charge is 2.51. The van der Waals surface area contributed by atoms with Crippen molar-refractivity contribution < 1.29 is 30.3 Å². The Morgan fingerprint density at radius 3 is 2.30 bits per heavy atom. The first-order valence-electron chi connectivity index (χ1n) is 8.22. The van der Waals surface area contributed by atoms with E-state index in [-0.39, 0.29) is 18.7 Å². The maximum Gasteiger partial charge on any atom is 0.220 e. The number of nitrogens with two attached hydrogens (primary N) is 1. The Morgan fingerprint density at radius 1 is 1.09 bits per heavy atom. The summed E-state index contributed by atoms with van der Waals surface area (Å²) in [5.74, 6) is -0.295. The van der Waals surface area contributed by atoms with Gasteiger partial charge in [-0.3, -0.25) is 4.79 Å².